The van der Waals surface area contributed by atoms with Crippen LogP contribution in [0.5, 0.6) is 0 Å². The van der Waals surface area contributed by atoms with Crippen LogP contribution in [0.15, 0.2) is 59.4 Å². The fraction of sp³-hybridized carbons (Fsp3) is 0.278. The van der Waals surface area contributed by atoms with Crippen LogP contribution in [0.3, 0.4) is 0 Å². The summed E-state index contributed by atoms with van der Waals surface area (Å²) in [5.41, 5.74) is 9.22. The predicted octanol–water partition coefficient (Wildman–Crippen LogP) is 5.74. The van der Waals surface area contributed by atoms with Crippen molar-refractivity contribution in [2.45, 2.75) is 33.1 Å². The number of halogens is 1. The molecule has 2 rings (SSSR count). The third-order valence-electron chi connectivity index (χ3n) is 3.57. The monoisotopic (exact) mass is 270 g/mol. The van der Waals surface area contributed by atoms with Crippen molar-refractivity contribution >= 4 is 11.6 Å². The van der Waals surface area contributed by atoms with E-state index in [1.165, 1.54) is 22.3 Å². The van der Waals surface area contributed by atoms with Gasteiger partial charge in [-0.15, -0.1) is 5.73 Å². The SMILES string of the molecule is C=C=C(C)C1=CC(c2cc(C)cc(Cl)c2)C=C1CC. The van der Waals surface area contributed by atoms with Gasteiger partial charge in [0.05, 0.1) is 0 Å². The second kappa shape index (κ2) is 5.65. The summed E-state index contributed by atoms with van der Waals surface area (Å²) in [7, 11) is 0. The molecule has 1 aliphatic carbocycles. The summed E-state index contributed by atoms with van der Waals surface area (Å²) in [6.07, 6.45) is 5.64. The quantitative estimate of drug-likeness (QED) is 0.615. The minimum absolute atomic E-state index is 0.311. The van der Waals surface area contributed by atoms with Gasteiger partial charge in [0, 0.05) is 10.9 Å². The second-order valence-electron chi connectivity index (χ2n) is 5.02. The third kappa shape index (κ3) is 2.92. The molecule has 1 aromatic carbocycles. The zero-order chi connectivity index (χ0) is 14.0. The molecule has 19 heavy (non-hydrogen) atoms. The summed E-state index contributed by atoms with van der Waals surface area (Å²) in [6.45, 7) is 10.1. The van der Waals surface area contributed by atoms with E-state index in [0.29, 0.717) is 5.92 Å². The van der Waals surface area contributed by atoms with Crippen molar-refractivity contribution in [3.63, 3.8) is 0 Å². The van der Waals surface area contributed by atoms with E-state index >= 15 is 0 Å². The van der Waals surface area contributed by atoms with Crippen LogP contribution in [-0.4, -0.2) is 0 Å². The van der Waals surface area contributed by atoms with Gasteiger partial charge in [-0.2, -0.15) is 0 Å². The molecule has 0 amide bonds. The lowest BCUT2D eigenvalue weighted by atomic mass is 9.98. The Hall–Kier alpha value is -1.49. The fourth-order valence-electron chi connectivity index (χ4n) is 2.56. The van der Waals surface area contributed by atoms with Crippen molar-refractivity contribution in [2.24, 2.45) is 0 Å². The van der Waals surface area contributed by atoms with Crippen molar-refractivity contribution in [3.05, 3.63) is 75.5 Å². The first kappa shape index (κ1) is 13.9. The molecule has 0 aliphatic heterocycles. The molecule has 1 atom stereocenters. The maximum absolute atomic E-state index is 6.16. The smallest absolute Gasteiger partial charge is 0.0411 e. The molecule has 1 aromatic rings. The van der Waals surface area contributed by atoms with Gasteiger partial charge >= 0.3 is 0 Å². The molecule has 1 aliphatic rings. The van der Waals surface area contributed by atoms with Gasteiger partial charge in [-0.3, -0.25) is 0 Å². The Bertz CT molecular complexity index is 590. The van der Waals surface area contributed by atoms with E-state index in [-0.39, 0.29) is 0 Å². The molecule has 0 saturated heterocycles. The van der Waals surface area contributed by atoms with E-state index in [1.807, 2.05) is 6.07 Å². The van der Waals surface area contributed by atoms with Crippen LogP contribution in [0.25, 0.3) is 0 Å². The molecule has 0 N–H and O–H groups in total. The summed E-state index contributed by atoms with van der Waals surface area (Å²) in [5.74, 6) is 0.311. The number of hydrogen-bond acceptors (Lipinski definition) is 0. The number of hydrogen-bond donors (Lipinski definition) is 0. The molecule has 98 valence electrons. The zero-order valence-electron chi connectivity index (χ0n) is 11.8. The second-order valence-corrected chi connectivity index (χ2v) is 5.45. The Morgan fingerprint density at radius 2 is 2.05 bits per heavy atom. The molecule has 0 heterocycles. The molecule has 0 aromatic heterocycles. The molecule has 0 nitrogen and oxygen atoms in total. The predicted molar refractivity (Wildman–Crippen MR) is 83.7 cm³/mol. The van der Waals surface area contributed by atoms with Crippen molar-refractivity contribution < 1.29 is 0 Å². The summed E-state index contributed by atoms with van der Waals surface area (Å²) in [5, 5.41) is 0.805. The molecule has 0 fully saturated rings. The first-order valence-corrected chi connectivity index (χ1v) is 7.00. The van der Waals surface area contributed by atoms with Gasteiger partial charge in [-0.05, 0) is 60.2 Å². The lowest BCUT2D eigenvalue weighted by Gasteiger charge is -2.08. The maximum Gasteiger partial charge on any atom is 0.0411 e. The minimum Gasteiger partial charge on any atom is -0.125 e. The Kier molecular flexibility index (Phi) is 4.14. The van der Waals surface area contributed by atoms with Crippen molar-refractivity contribution in [1.82, 2.24) is 0 Å². The van der Waals surface area contributed by atoms with Crippen LogP contribution >= 0.6 is 11.6 Å². The first-order chi connectivity index (χ1) is 9.05. The average Bonchev–Trinajstić information content (AvgIpc) is 2.80. The summed E-state index contributed by atoms with van der Waals surface area (Å²) < 4.78 is 0. The lowest BCUT2D eigenvalue weighted by molar-refractivity contribution is 1.07. The van der Waals surface area contributed by atoms with E-state index in [0.717, 1.165) is 17.0 Å². The highest BCUT2D eigenvalue weighted by Gasteiger charge is 2.19. The number of allylic oxidation sites excluding steroid dienone is 5. The fourth-order valence-corrected chi connectivity index (χ4v) is 2.86. The van der Waals surface area contributed by atoms with Crippen LogP contribution in [0.2, 0.25) is 5.02 Å². The Balaban J connectivity index is 2.45. The van der Waals surface area contributed by atoms with Crippen molar-refractivity contribution in [3.8, 4) is 0 Å². The van der Waals surface area contributed by atoms with E-state index < -0.39 is 0 Å². The van der Waals surface area contributed by atoms with Gasteiger partial charge in [-0.25, -0.2) is 0 Å². The normalized spacial score (nSPS) is 17.8. The molecule has 0 radical (unpaired) electrons. The van der Waals surface area contributed by atoms with Gasteiger partial charge in [0.25, 0.3) is 0 Å². The van der Waals surface area contributed by atoms with E-state index in [1.54, 1.807) is 0 Å². The van der Waals surface area contributed by atoms with Crippen LogP contribution in [0, 0.1) is 6.92 Å². The highest BCUT2D eigenvalue weighted by molar-refractivity contribution is 6.30. The molecular weight excluding hydrogens is 252 g/mol. The van der Waals surface area contributed by atoms with Gasteiger partial charge in [0.1, 0.15) is 0 Å². The maximum atomic E-state index is 6.16. The number of benzene rings is 1. The summed E-state index contributed by atoms with van der Waals surface area (Å²) in [4.78, 5) is 0. The zero-order valence-corrected chi connectivity index (χ0v) is 12.5. The number of aryl methyl sites for hydroxylation is 1. The lowest BCUT2D eigenvalue weighted by Crippen LogP contribution is -1.90. The molecule has 0 saturated carbocycles. The highest BCUT2D eigenvalue weighted by atomic mass is 35.5. The molecule has 1 heteroatoms. The van der Waals surface area contributed by atoms with Crippen LogP contribution in [0.1, 0.15) is 37.3 Å². The van der Waals surface area contributed by atoms with Crippen LogP contribution in [-0.2, 0) is 0 Å². The Morgan fingerprint density at radius 1 is 1.32 bits per heavy atom. The average molecular weight is 271 g/mol. The molecule has 0 spiro atoms. The van der Waals surface area contributed by atoms with Gasteiger partial charge in [0.15, 0.2) is 0 Å². The Labute approximate surface area is 120 Å². The standard InChI is InChI=1S/C18H19Cl/c1-5-13(4)18-11-16(9-14(18)6-2)15-7-12(3)8-17(19)10-15/h7-11,16H,1,6H2,2-4H3. The van der Waals surface area contributed by atoms with Crippen LogP contribution < -0.4 is 0 Å². The largest absolute Gasteiger partial charge is 0.125 e. The Morgan fingerprint density at radius 3 is 2.63 bits per heavy atom. The van der Waals surface area contributed by atoms with E-state index in [9.17, 15) is 0 Å². The van der Waals surface area contributed by atoms with Crippen molar-refractivity contribution in [2.75, 3.05) is 0 Å². The first-order valence-electron chi connectivity index (χ1n) is 6.62. The van der Waals surface area contributed by atoms with Gasteiger partial charge < -0.3 is 0 Å². The van der Waals surface area contributed by atoms with Crippen LogP contribution in [0.4, 0.5) is 0 Å². The van der Waals surface area contributed by atoms with Crippen molar-refractivity contribution in [1.29, 1.82) is 0 Å². The topological polar surface area (TPSA) is 0 Å². The third-order valence-corrected chi connectivity index (χ3v) is 3.79. The molecular formula is C18H19Cl. The summed E-state index contributed by atoms with van der Waals surface area (Å²) in [6, 6.07) is 6.24. The minimum atomic E-state index is 0.311. The number of rotatable bonds is 3. The van der Waals surface area contributed by atoms with E-state index in [4.69, 9.17) is 11.6 Å². The van der Waals surface area contributed by atoms with Gasteiger partial charge in [0.2, 0.25) is 0 Å². The molecule has 1 unspecified atom stereocenters. The van der Waals surface area contributed by atoms with Gasteiger partial charge in [-0.1, -0.05) is 43.3 Å². The summed E-state index contributed by atoms with van der Waals surface area (Å²) >= 11 is 6.16. The van der Waals surface area contributed by atoms with E-state index in [2.05, 4.69) is 57.4 Å². The molecule has 0 bridgehead atoms. The highest BCUT2D eigenvalue weighted by Crippen LogP contribution is 2.37.